The third-order valence-corrected chi connectivity index (χ3v) is 4.60. The zero-order valence-electron chi connectivity index (χ0n) is 14.1. The second-order valence-corrected chi connectivity index (χ2v) is 6.58. The van der Waals surface area contributed by atoms with Gasteiger partial charge >= 0.3 is 0 Å². The Bertz CT molecular complexity index is 856. The number of aryl methyl sites for hydroxylation is 1. The molecular formula is C19H20ClN3O2. The Hall–Kier alpha value is -2.40. The number of halogens is 1. The van der Waals surface area contributed by atoms with E-state index in [1.165, 1.54) is 16.3 Å². The molecule has 0 bridgehead atoms. The first-order chi connectivity index (χ1) is 12.0. The Morgan fingerprint density at radius 2 is 1.96 bits per heavy atom. The van der Waals surface area contributed by atoms with E-state index >= 15 is 0 Å². The topological polar surface area (TPSA) is 55.2 Å². The smallest absolute Gasteiger partial charge is 0.266 e. The van der Waals surface area contributed by atoms with E-state index in [0.29, 0.717) is 12.2 Å². The van der Waals surface area contributed by atoms with Gasteiger partial charge in [-0.2, -0.15) is 5.10 Å². The number of nitrogens with zero attached hydrogens (tertiary/aromatic N) is 3. The van der Waals surface area contributed by atoms with Gasteiger partial charge in [0.25, 0.3) is 5.56 Å². The summed E-state index contributed by atoms with van der Waals surface area (Å²) in [6.45, 7) is 1.31. The van der Waals surface area contributed by atoms with Crippen molar-refractivity contribution in [3.05, 3.63) is 69.1 Å². The zero-order valence-corrected chi connectivity index (χ0v) is 14.9. The number of hydrogen-bond acceptors (Lipinski definition) is 3. The Morgan fingerprint density at radius 3 is 2.68 bits per heavy atom. The minimum atomic E-state index is -0.179. The van der Waals surface area contributed by atoms with Gasteiger partial charge in [-0.1, -0.05) is 29.8 Å². The molecule has 2 aromatic rings. The maximum Gasteiger partial charge on any atom is 0.266 e. The molecule has 3 rings (SSSR count). The molecule has 0 unspecified atom stereocenters. The number of hydrogen-bond donors (Lipinski definition) is 0. The first-order valence-electron chi connectivity index (χ1n) is 8.29. The highest BCUT2D eigenvalue weighted by Crippen LogP contribution is 2.24. The summed E-state index contributed by atoms with van der Waals surface area (Å²) >= 11 is 5.95. The van der Waals surface area contributed by atoms with Gasteiger partial charge in [0, 0.05) is 31.2 Å². The SMILES string of the molecule is Cn1nc(CC(=O)N2CC=C(c3ccc(Cl)cc3)CCC2)ccc1=O. The number of carbonyl (C=O) groups excluding carboxylic acids is 1. The normalized spacial score (nSPS) is 14.8. The second-order valence-electron chi connectivity index (χ2n) is 6.14. The van der Waals surface area contributed by atoms with Crippen molar-refractivity contribution in [2.45, 2.75) is 19.3 Å². The second kappa shape index (κ2) is 7.66. The third kappa shape index (κ3) is 4.37. The summed E-state index contributed by atoms with van der Waals surface area (Å²) in [5.74, 6) is 0.0276. The number of amides is 1. The van der Waals surface area contributed by atoms with Gasteiger partial charge in [0.2, 0.25) is 5.91 Å². The van der Waals surface area contributed by atoms with Crippen LogP contribution in [-0.4, -0.2) is 33.7 Å². The predicted octanol–water partition coefficient (Wildman–Crippen LogP) is 2.68. The van der Waals surface area contributed by atoms with E-state index in [1.807, 2.05) is 29.2 Å². The molecule has 0 fully saturated rings. The van der Waals surface area contributed by atoms with E-state index in [-0.39, 0.29) is 17.9 Å². The Balaban J connectivity index is 1.68. The molecule has 130 valence electrons. The van der Waals surface area contributed by atoms with Gasteiger partial charge < -0.3 is 4.90 Å². The number of aromatic nitrogens is 2. The Morgan fingerprint density at radius 1 is 1.20 bits per heavy atom. The minimum Gasteiger partial charge on any atom is -0.339 e. The van der Waals surface area contributed by atoms with E-state index < -0.39 is 0 Å². The van der Waals surface area contributed by atoms with E-state index in [0.717, 1.165) is 30.0 Å². The van der Waals surface area contributed by atoms with Gasteiger partial charge in [0.1, 0.15) is 0 Å². The quantitative estimate of drug-likeness (QED) is 0.848. The van der Waals surface area contributed by atoms with Crippen LogP contribution in [-0.2, 0) is 18.3 Å². The lowest BCUT2D eigenvalue weighted by molar-refractivity contribution is -0.130. The largest absolute Gasteiger partial charge is 0.339 e. The van der Waals surface area contributed by atoms with Crippen molar-refractivity contribution in [1.82, 2.24) is 14.7 Å². The van der Waals surface area contributed by atoms with Crippen LogP contribution in [0.15, 0.2) is 47.3 Å². The number of carbonyl (C=O) groups is 1. The molecule has 0 atom stereocenters. The van der Waals surface area contributed by atoms with Crippen molar-refractivity contribution < 1.29 is 4.79 Å². The fourth-order valence-corrected chi connectivity index (χ4v) is 3.06. The van der Waals surface area contributed by atoms with Gasteiger partial charge in [-0.15, -0.1) is 0 Å². The molecule has 1 amide bonds. The average Bonchev–Trinajstić information content (AvgIpc) is 2.85. The molecule has 0 spiro atoms. The summed E-state index contributed by atoms with van der Waals surface area (Å²) in [7, 11) is 1.59. The predicted molar refractivity (Wildman–Crippen MR) is 98.4 cm³/mol. The molecular weight excluding hydrogens is 338 g/mol. The molecule has 5 nitrogen and oxygen atoms in total. The lowest BCUT2D eigenvalue weighted by Crippen LogP contribution is -2.33. The maximum atomic E-state index is 12.6. The molecule has 0 aliphatic carbocycles. The first-order valence-corrected chi connectivity index (χ1v) is 8.67. The number of rotatable bonds is 3. The van der Waals surface area contributed by atoms with Gasteiger partial charge in [-0.25, -0.2) is 4.68 Å². The summed E-state index contributed by atoms with van der Waals surface area (Å²) in [6, 6.07) is 10.9. The molecule has 0 radical (unpaired) electrons. The van der Waals surface area contributed by atoms with E-state index in [4.69, 9.17) is 11.6 Å². The molecule has 0 N–H and O–H groups in total. The first kappa shape index (κ1) is 17.4. The summed E-state index contributed by atoms with van der Waals surface area (Å²) < 4.78 is 1.25. The van der Waals surface area contributed by atoms with Crippen molar-refractivity contribution >= 4 is 23.1 Å². The number of allylic oxidation sites excluding steroid dienone is 1. The van der Waals surface area contributed by atoms with Crippen molar-refractivity contribution in [2.24, 2.45) is 7.05 Å². The average molecular weight is 358 g/mol. The summed E-state index contributed by atoms with van der Waals surface area (Å²) in [6.07, 6.45) is 4.17. The number of benzene rings is 1. The fraction of sp³-hybridized carbons (Fsp3) is 0.316. The van der Waals surface area contributed by atoms with Crippen LogP contribution in [0.25, 0.3) is 5.57 Å². The van der Waals surface area contributed by atoms with Crippen molar-refractivity contribution in [2.75, 3.05) is 13.1 Å². The molecule has 25 heavy (non-hydrogen) atoms. The zero-order chi connectivity index (χ0) is 17.8. The van der Waals surface area contributed by atoms with E-state index in [9.17, 15) is 9.59 Å². The third-order valence-electron chi connectivity index (χ3n) is 4.35. The van der Waals surface area contributed by atoms with E-state index in [1.54, 1.807) is 13.1 Å². The molecule has 0 saturated carbocycles. The van der Waals surface area contributed by atoms with Crippen LogP contribution in [0.4, 0.5) is 0 Å². The van der Waals surface area contributed by atoms with Crippen LogP contribution in [0.5, 0.6) is 0 Å². The minimum absolute atomic E-state index is 0.0276. The highest BCUT2D eigenvalue weighted by atomic mass is 35.5. The molecule has 1 aromatic carbocycles. The van der Waals surface area contributed by atoms with Crippen molar-refractivity contribution in [3.8, 4) is 0 Å². The summed E-state index contributed by atoms with van der Waals surface area (Å²) in [4.78, 5) is 25.8. The lowest BCUT2D eigenvalue weighted by atomic mass is 10.0. The van der Waals surface area contributed by atoms with Crippen LogP contribution in [0.1, 0.15) is 24.1 Å². The van der Waals surface area contributed by atoms with Crippen LogP contribution in [0.2, 0.25) is 5.02 Å². The molecule has 6 heteroatoms. The molecule has 1 aliphatic heterocycles. The van der Waals surface area contributed by atoms with Crippen LogP contribution in [0.3, 0.4) is 0 Å². The van der Waals surface area contributed by atoms with Gasteiger partial charge in [-0.3, -0.25) is 9.59 Å². The van der Waals surface area contributed by atoms with Crippen molar-refractivity contribution in [3.63, 3.8) is 0 Å². The Labute approximate surface area is 151 Å². The van der Waals surface area contributed by atoms with Crippen LogP contribution >= 0.6 is 11.6 Å². The maximum absolute atomic E-state index is 12.6. The van der Waals surface area contributed by atoms with Gasteiger partial charge in [-0.05, 0) is 42.2 Å². The molecule has 0 saturated heterocycles. The van der Waals surface area contributed by atoms with Gasteiger partial charge in [0.05, 0.1) is 12.1 Å². The van der Waals surface area contributed by atoms with E-state index in [2.05, 4.69) is 11.2 Å². The molecule has 1 aromatic heterocycles. The highest BCUT2D eigenvalue weighted by molar-refractivity contribution is 6.30. The monoisotopic (exact) mass is 357 g/mol. The molecule has 2 heterocycles. The van der Waals surface area contributed by atoms with Gasteiger partial charge in [0.15, 0.2) is 0 Å². The van der Waals surface area contributed by atoms with Crippen LogP contribution < -0.4 is 5.56 Å². The highest BCUT2D eigenvalue weighted by Gasteiger charge is 2.17. The lowest BCUT2D eigenvalue weighted by Gasteiger charge is -2.19. The standard InChI is InChI=1S/C19H20ClN3O2/c1-22-18(24)9-8-17(21-22)13-19(25)23-11-2-3-14(10-12-23)15-4-6-16(20)7-5-15/h4-10H,2-3,11-13H2,1H3. The molecule has 1 aliphatic rings. The Kier molecular flexibility index (Phi) is 5.34. The fourth-order valence-electron chi connectivity index (χ4n) is 2.94. The van der Waals surface area contributed by atoms with Crippen molar-refractivity contribution in [1.29, 1.82) is 0 Å². The van der Waals surface area contributed by atoms with Crippen LogP contribution in [0, 0.1) is 0 Å². The summed E-state index contributed by atoms with van der Waals surface area (Å²) in [5, 5.41) is 4.85. The summed E-state index contributed by atoms with van der Waals surface area (Å²) in [5.41, 5.74) is 2.82.